The lowest BCUT2D eigenvalue weighted by molar-refractivity contribution is 0.100. The van der Waals surface area contributed by atoms with Crippen LogP contribution in [-0.4, -0.2) is 26.8 Å². The highest BCUT2D eigenvalue weighted by Gasteiger charge is 2.43. The van der Waals surface area contributed by atoms with Gasteiger partial charge in [-0.05, 0) is 58.2 Å². The van der Waals surface area contributed by atoms with E-state index in [0.29, 0.717) is 17.0 Å². The van der Waals surface area contributed by atoms with Gasteiger partial charge in [0.15, 0.2) is 5.78 Å². The maximum Gasteiger partial charge on any atom is 0.343 e. The predicted molar refractivity (Wildman–Crippen MR) is 121 cm³/mol. The van der Waals surface area contributed by atoms with E-state index in [-0.39, 0.29) is 22.9 Å². The number of fused-ring (bicyclic) bond motifs is 1. The molecule has 1 aromatic heterocycles. The monoisotopic (exact) mass is 504 g/mol. The first-order valence-corrected chi connectivity index (χ1v) is 12.2. The van der Waals surface area contributed by atoms with E-state index in [1.807, 2.05) is 6.92 Å². The topological polar surface area (TPSA) is 74.8 Å². The van der Waals surface area contributed by atoms with Gasteiger partial charge in [0.2, 0.25) is 0 Å². The first kappa shape index (κ1) is 20.8. The zero-order valence-electron chi connectivity index (χ0n) is 15.9. The van der Waals surface area contributed by atoms with Crippen LogP contribution in [0.15, 0.2) is 69.3 Å². The van der Waals surface area contributed by atoms with Crippen molar-refractivity contribution < 1.29 is 18.0 Å². The second kappa shape index (κ2) is 7.98. The van der Waals surface area contributed by atoms with Gasteiger partial charge in [0, 0.05) is 0 Å². The lowest BCUT2D eigenvalue weighted by Crippen LogP contribution is -2.52. The van der Waals surface area contributed by atoms with Crippen molar-refractivity contribution in [2.24, 2.45) is 0 Å². The summed E-state index contributed by atoms with van der Waals surface area (Å²) in [5.41, 5.74) is 1.23. The highest BCUT2D eigenvalue weighted by atomic mass is 79.9. The molecule has 1 aliphatic rings. The number of rotatable bonds is 5. The number of nitrogens with zero attached hydrogens (tertiary/aromatic N) is 2. The van der Waals surface area contributed by atoms with Gasteiger partial charge in [-0.3, -0.25) is 9.69 Å². The van der Waals surface area contributed by atoms with Crippen LogP contribution in [0.2, 0.25) is 0 Å². The van der Waals surface area contributed by atoms with Gasteiger partial charge in [-0.15, -0.1) is 11.3 Å². The van der Waals surface area contributed by atoms with E-state index in [0.717, 1.165) is 13.7 Å². The average molecular weight is 505 g/mol. The second-order valence-electron chi connectivity index (χ2n) is 6.62. The van der Waals surface area contributed by atoms with Crippen LogP contribution in [0, 0.1) is 0 Å². The quantitative estimate of drug-likeness (QED) is 0.453. The van der Waals surface area contributed by atoms with Crippen LogP contribution in [0.3, 0.4) is 0 Å². The molecule has 0 unspecified atom stereocenters. The van der Waals surface area contributed by atoms with Crippen LogP contribution in [0.5, 0.6) is 0 Å². The van der Waals surface area contributed by atoms with Crippen LogP contribution in [0.4, 0.5) is 16.2 Å². The first-order valence-electron chi connectivity index (χ1n) is 9.17. The third-order valence-corrected chi connectivity index (χ3v) is 8.22. The molecule has 0 aliphatic carbocycles. The van der Waals surface area contributed by atoms with E-state index in [1.54, 1.807) is 54.6 Å². The van der Waals surface area contributed by atoms with Gasteiger partial charge in [-0.25, -0.2) is 13.2 Å². The maximum atomic E-state index is 13.5. The van der Waals surface area contributed by atoms with E-state index in [9.17, 15) is 18.0 Å². The summed E-state index contributed by atoms with van der Waals surface area (Å²) < 4.78 is 28.4. The van der Waals surface area contributed by atoms with Crippen LogP contribution >= 0.6 is 27.3 Å². The van der Waals surface area contributed by atoms with Crippen molar-refractivity contribution in [3.05, 3.63) is 74.9 Å². The van der Waals surface area contributed by atoms with Gasteiger partial charge in [0.05, 0.1) is 26.6 Å². The number of Topliss-reactive ketones (excluding diaryl/α,β-unsaturated/α-hetero) is 1. The zero-order chi connectivity index (χ0) is 21.5. The molecule has 2 heterocycles. The zero-order valence-corrected chi connectivity index (χ0v) is 19.1. The van der Waals surface area contributed by atoms with Gasteiger partial charge in [0.1, 0.15) is 4.90 Å². The molecule has 0 N–H and O–H groups in total. The van der Waals surface area contributed by atoms with E-state index in [1.165, 1.54) is 22.3 Å². The minimum Gasteiger partial charge on any atom is -0.291 e. The highest BCUT2D eigenvalue weighted by Crippen LogP contribution is 2.38. The SMILES string of the molecule is CCc1ccccc1N1C(=O)N(CC(=O)c2ccc(Br)s2)c2ccccc2S1(=O)=O. The summed E-state index contributed by atoms with van der Waals surface area (Å²) in [5.74, 6) is -0.267. The molecule has 30 heavy (non-hydrogen) atoms. The fourth-order valence-electron chi connectivity index (χ4n) is 3.39. The highest BCUT2D eigenvalue weighted by molar-refractivity contribution is 9.11. The van der Waals surface area contributed by atoms with Crippen molar-refractivity contribution >= 4 is 60.5 Å². The summed E-state index contributed by atoms with van der Waals surface area (Å²) >= 11 is 4.60. The number of urea groups is 1. The van der Waals surface area contributed by atoms with Crippen molar-refractivity contribution in [1.82, 2.24) is 0 Å². The van der Waals surface area contributed by atoms with E-state index >= 15 is 0 Å². The third-order valence-electron chi connectivity index (χ3n) is 4.82. The van der Waals surface area contributed by atoms with E-state index < -0.39 is 16.1 Å². The molecule has 6 nitrogen and oxygen atoms in total. The lowest BCUT2D eigenvalue weighted by Gasteiger charge is -2.36. The number of para-hydroxylation sites is 2. The lowest BCUT2D eigenvalue weighted by atomic mass is 10.1. The first-order chi connectivity index (χ1) is 14.3. The Labute approximate surface area is 186 Å². The summed E-state index contributed by atoms with van der Waals surface area (Å²) in [4.78, 5) is 28.0. The van der Waals surface area contributed by atoms with Gasteiger partial charge in [-0.1, -0.05) is 37.3 Å². The van der Waals surface area contributed by atoms with Crippen molar-refractivity contribution in [3.63, 3.8) is 0 Å². The smallest absolute Gasteiger partial charge is 0.291 e. The largest absolute Gasteiger partial charge is 0.343 e. The van der Waals surface area contributed by atoms with Crippen LogP contribution in [-0.2, 0) is 16.4 Å². The van der Waals surface area contributed by atoms with Crippen LogP contribution in [0.25, 0.3) is 0 Å². The molecule has 9 heteroatoms. The summed E-state index contributed by atoms with van der Waals surface area (Å²) in [5, 5.41) is 0. The number of benzene rings is 2. The molecule has 0 bridgehead atoms. The molecule has 2 aromatic carbocycles. The number of amides is 2. The number of thiophene rings is 1. The van der Waals surface area contributed by atoms with Gasteiger partial charge < -0.3 is 0 Å². The minimum atomic E-state index is -4.12. The maximum absolute atomic E-state index is 13.5. The standard InChI is InChI=1S/C21H17BrN2O4S2/c1-2-14-7-3-4-8-15(14)24-21(26)23(13-17(25)18-11-12-20(22)29-18)16-9-5-6-10-19(16)30(24,27)28/h3-12H,2,13H2,1H3. The minimum absolute atomic E-state index is 0.00401. The Morgan fingerprint density at radius 2 is 1.67 bits per heavy atom. The number of anilines is 2. The summed E-state index contributed by atoms with van der Waals surface area (Å²) in [7, 11) is -4.12. The number of ketones is 1. The number of hydrogen-bond donors (Lipinski definition) is 0. The van der Waals surface area contributed by atoms with E-state index in [2.05, 4.69) is 15.9 Å². The van der Waals surface area contributed by atoms with Crippen molar-refractivity contribution in [3.8, 4) is 0 Å². The summed E-state index contributed by atoms with van der Waals surface area (Å²) in [6.45, 7) is 1.63. The molecule has 0 saturated carbocycles. The molecule has 0 fully saturated rings. The van der Waals surface area contributed by atoms with Crippen molar-refractivity contribution in [2.45, 2.75) is 18.2 Å². The van der Waals surface area contributed by atoms with Crippen LogP contribution in [0.1, 0.15) is 22.2 Å². The second-order valence-corrected chi connectivity index (χ2v) is 10.8. The predicted octanol–water partition coefficient (Wildman–Crippen LogP) is 5.09. The molecular formula is C21H17BrN2O4S2. The molecular weight excluding hydrogens is 488 g/mol. The number of sulfonamides is 1. The average Bonchev–Trinajstić information content (AvgIpc) is 3.18. The molecule has 0 radical (unpaired) electrons. The fourth-order valence-corrected chi connectivity index (χ4v) is 6.34. The van der Waals surface area contributed by atoms with E-state index in [4.69, 9.17) is 0 Å². The molecule has 154 valence electrons. The van der Waals surface area contributed by atoms with Crippen LogP contribution < -0.4 is 9.21 Å². The molecule has 0 saturated heterocycles. The Morgan fingerprint density at radius 1 is 1.00 bits per heavy atom. The van der Waals surface area contributed by atoms with Gasteiger partial charge >= 0.3 is 6.03 Å². The third kappa shape index (κ3) is 3.46. The molecule has 4 rings (SSSR count). The molecule has 0 atom stereocenters. The number of hydrogen-bond acceptors (Lipinski definition) is 5. The Morgan fingerprint density at radius 3 is 2.33 bits per heavy atom. The Balaban J connectivity index is 1.84. The summed E-state index contributed by atoms with van der Waals surface area (Å²) in [6, 6.07) is 15.8. The van der Waals surface area contributed by atoms with Crippen molar-refractivity contribution in [2.75, 3.05) is 15.7 Å². The van der Waals surface area contributed by atoms with Crippen molar-refractivity contribution in [1.29, 1.82) is 0 Å². The Hall–Kier alpha value is -2.49. The molecule has 2 amide bonds. The Bertz CT molecular complexity index is 1250. The normalized spacial score (nSPS) is 15.2. The number of aryl methyl sites for hydroxylation is 1. The number of carbonyl (C=O) groups excluding carboxylic acids is 2. The van der Waals surface area contributed by atoms with Gasteiger partial charge in [0.25, 0.3) is 10.0 Å². The molecule has 3 aromatic rings. The Kier molecular flexibility index (Phi) is 5.52. The number of carbonyl (C=O) groups is 2. The molecule has 0 spiro atoms. The van der Waals surface area contributed by atoms with Gasteiger partial charge in [-0.2, -0.15) is 4.31 Å². The molecule has 1 aliphatic heterocycles. The summed E-state index contributed by atoms with van der Waals surface area (Å²) in [6.07, 6.45) is 0.555. The number of halogens is 1. The fraction of sp³-hybridized carbons (Fsp3) is 0.143.